The second-order valence-corrected chi connectivity index (χ2v) is 7.57. The van der Waals surface area contributed by atoms with Crippen molar-refractivity contribution in [3.05, 3.63) is 55.1 Å². The maximum absolute atomic E-state index is 6.35. The van der Waals surface area contributed by atoms with Gasteiger partial charge >= 0.3 is 0 Å². The third kappa shape index (κ3) is 2.14. The van der Waals surface area contributed by atoms with Gasteiger partial charge in [0.15, 0.2) is 0 Å². The zero-order valence-corrected chi connectivity index (χ0v) is 12.7. The predicted octanol–water partition coefficient (Wildman–Crippen LogP) is 4.62. The molecule has 17 heavy (non-hydrogen) atoms. The Bertz CT molecular complexity index is 656. The molecule has 2 N–H and O–H groups in total. The Morgan fingerprint density at radius 3 is 2.71 bits per heavy atom. The molecule has 1 nitrogen and oxygen atoms in total. The summed E-state index contributed by atoms with van der Waals surface area (Å²) in [6.45, 7) is 0. The molecule has 0 radical (unpaired) electrons. The van der Waals surface area contributed by atoms with Gasteiger partial charge in [-0.25, -0.2) is 0 Å². The first-order valence-electron chi connectivity index (χ1n) is 5.21. The molecule has 2 aromatic heterocycles. The Hall–Kier alpha value is -0.430. The van der Waals surface area contributed by atoms with E-state index in [1.165, 1.54) is 24.1 Å². The smallest absolute Gasteiger partial charge is 0.0656 e. The SMILES string of the molecule is NC(c1csc(I)c1)c1csc2ccccc12. The Kier molecular flexibility index (Phi) is 3.21. The Morgan fingerprint density at radius 1 is 1.12 bits per heavy atom. The number of fused-ring (bicyclic) bond motifs is 1. The number of nitrogens with two attached hydrogens (primary N) is 1. The lowest BCUT2D eigenvalue weighted by Crippen LogP contribution is -2.10. The second-order valence-electron chi connectivity index (χ2n) is 3.85. The summed E-state index contributed by atoms with van der Waals surface area (Å²) in [7, 11) is 0. The van der Waals surface area contributed by atoms with E-state index in [1.54, 1.807) is 22.7 Å². The Morgan fingerprint density at radius 2 is 1.94 bits per heavy atom. The van der Waals surface area contributed by atoms with Gasteiger partial charge in [0.1, 0.15) is 0 Å². The quantitative estimate of drug-likeness (QED) is 0.654. The van der Waals surface area contributed by atoms with Crippen molar-refractivity contribution >= 4 is 55.4 Å². The van der Waals surface area contributed by atoms with Crippen LogP contribution in [0.3, 0.4) is 0 Å². The third-order valence-corrected chi connectivity index (χ3v) is 5.58. The van der Waals surface area contributed by atoms with E-state index in [0.717, 1.165) is 0 Å². The molecule has 0 aliphatic rings. The number of rotatable bonds is 2. The van der Waals surface area contributed by atoms with Gasteiger partial charge in [-0.15, -0.1) is 22.7 Å². The topological polar surface area (TPSA) is 26.0 Å². The highest BCUT2D eigenvalue weighted by atomic mass is 127. The second kappa shape index (κ2) is 4.68. The maximum atomic E-state index is 6.35. The highest BCUT2D eigenvalue weighted by Gasteiger charge is 2.14. The van der Waals surface area contributed by atoms with Gasteiger partial charge in [0.2, 0.25) is 0 Å². The van der Waals surface area contributed by atoms with Crippen LogP contribution in [0.5, 0.6) is 0 Å². The van der Waals surface area contributed by atoms with E-state index in [-0.39, 0.29) is 6.04 Å². The van der Waals surface area contributed by atoms with Crippen LogP contribution in [-0.4, -0.2) is 0 Å². The zero-order valence-electron chi connectivity index (χ0n) is 8.89. The average Bonchev–Trinajstić information content (AvgIpc) is 2.94. The summed E-state index contributed by atoms with van der Waals surface area (Å²) in [5.41, 5.74) is 8.80. The molecule has 2 heterocycles. The zero-order chi connectivity index (χ0) is 11.8. The number of thiophene rings is 2. The van der Waals surface area contributed by atoms with Crippen LogP contribution >= 0.6 is 45.3 Å². The van der Waals surface area contributed by atoms with E-state index < -0.39 is 0 Å². The minimum absolute atomic E-state index is 0.00841. The van der Waals surface area contributed by atoms with Crippen molar-refractivity contribution in [1.82, 2.24) is 0 Å². The molecule has 4 heteroatoms. The van der Waals surface area contributed by atoms with Gasteiger partial charge in [-0.1, -0.05) is 18.2 Å². The summed E-state index contributed by atoms with van der Waals surface area (Å²) in [5, 5.41) is 5.62. The Balaban J connectivity index is 2.09. The molecule has 3 rings (SSSR count). The molecule has 0 bridgehead atoms. The minimum atomic E-state index is -0.00841. The minimum Gasteiger partial charge on any atom is -0.320 e. The Labute approximate surface area is 121 Å². The van der Waals surface area contributed by atoms with Gasteiger partial charge in [0.25, 0.3) is 0 Å². The van der Waals surface area contributed by atoms with Crippen molar-refractivity contribution in [2.75, 3.05) is 0 Å². The van der Waals surface area contributed by atoms with E-state index >= 15 is 0 Å². The van der Waals surface area contributed by atoms with Crippen molar-refractivity contribution in [3.8, 4) is 0 Å². The largest absolute Gasteiger partial charge is 0.320 e. The first-order valence-corrected chi connectivity index (χ1v) is 8.05. The summed E-state index contributed by atoms with van der Waals surface area (Å²) in [6, 6.07) is 10.6. The lowest BCUT2D eigenvalue weighted by molar-refractivity contribution is 0.890. The standard InChI is InChI=1S/C13H10INS2/c14-12-5-8(6-17-12)13(15)10-7-16-11-4-2-1-3-9(10)11/h1-7,13H,15H2. The van der Waals surface area contributed by atoms with Crippen LogP contribution in [0.1, 0.15) is 17.2 Å². The highest BCUT2D eigenvalue weighted by molar-refractivity contribution is 14.1. The molecule has 1 unspecified atom stereocenters. The molecule has 1 atom stereocenters. The van der Waals surface area contributed by atoms with Crippen molar-refractivity contribution in [3.63, 3.8) is 0 Å². The van der Waals surface area contributed by atoms with Crippen LogP contribution in [-0.2, 0) is 0 Å². The van der Waals surface area contributed by atoms with Gasteiger partial charge in [0, 0.05) is 4.70 Å². The molecule has 86 valence electrons. The van der Waals surface area contributed by atoms with Gasteiger partial charge in [0.05, 0.1) is 8.93 Å². The molecule has 0 amide bonds. The van der Waals surface area contributed by atoms with Crippen LogP contribution in [0, 0.1) is 2.88 Å². The predicted molar refractivity (Wildman–Crippen MR) is 84.9 cm³/mol. The van der Waals surface area contributed by atoms with Crippen LogP contribution < -0.4 is 5.73 Å². The summed E-state index contributed by atoms with van der Waals surface area (Å²) in [6.07, 6.45) is 0. The summed E-state index contributed by atoms with van der Waals surface area (Å²) in [4.78, 5) is 0. The number of hydrogen-bond donors (Lipinski definition) is 1. The molecule has 0 spiro atoms. The molecule has 0 saturated heterocycles. The highest BCUT2D eigenvalue weighted by Crippen LogP contribution is 2.33. The number of hydrogen-bond acceptors (Lipinski definition) is 3. The van der Waals surface area contributed by atoms with Crippen molar-refractivity contribution in [1.29, 1.82) is 0 Å². The van der Waals surface area contributed by atoms with E-state index in [0.29, 0.717) is 0 Å². The summed E-state index contributed by atoms with van der Waals surface area (Å²) >= 11 is 5.85. The summed E-state index contributed by atoms with van der Waals surface area (Å²) < 4.78 is 2.59. The lowest BCUT2D eigenvalue weighted by atomic mass is 10.0. The molecular formula is C13H10INS2. The van der Waals surface area contributed by atoms with Crippen LogP contribution in [0.2, 0.25) is 0 Å². The van der Waals surface area contributed by atoms with Crippen molar-refractivity contribution in [2.24, 2.45) is 5.73 Å². The first-order chi connectivity index (χ1) is 8.25. The van der Waals surface area contributed by atoms with Gasteiger partial charge in [-0.3, -0.25) is 0 Å². The molecule has 0 saturated carbocycles. The summed E-state index contributed by atoms with van der Waals surface area (Å²) in [5.74, 6) is 0. The van der Waals surface area contributed by atoms with E-state index in [1.807, 2.05) is 0 Å². The molecule has 0 aliphatic carbocycles. The lowest BCUT2D eigenvalue weighted by Gasteiger charge is -2.08. The molecule has 3 aromatic rings. The third-order valence-electron chi connectivity index (χ3n) is 2.79. The monoisotopic (exact) mass is 371 g/mol. The fourth-order valence-electron chi connectivity index (χ4n) is 1.91. The average molecular weight is 371 g/mol. The fourth-order valence-corrected chi connectivity index (χ4v) is 4.31. The normalized spacial score (nSPS) is 13.1. The van der Waals surface area contributed by atoms with E-state index in [2.05, 4.69) is 63.7 Å². The molecule has 0 fully saturated rings. The van der Waals surface area contributed by atoms with Crippen LogP contribution in [0.15, 0.2) is 41.1 Å². The van der Waals surface area contributed by atoms with E-state index in [4.69, 9.17) is 5.73 Å². The van der Waals surface area contributed by atoms with Crippen LogP contribution in [0.4, 0.5) is 0 Å². The number of halogens is 1. The van der Waals surface area contributed by atoms with E-state index in [9.17, 15) is 0 Å². The number of benzene rings is 1. The molecule has 0 aliphatic heterocycles. The molecular weight excluding hydrogens is 361 g/mol. The van der Waals surface area contributed by atoms with Crippen molar-refractivity contribution in [2.45, 2.75) is 6.04 Å². The van der Waals surface area contributed by atoms with Crippen LogP contribution in [0.25, 0.3) is 10.1 Å². The van der Waals surface area contributed by atoms with Gasteiger partial charge < -0.3 is 5.73 Å². The first kappa shape index (κ1) is 11.6. The maximum Gasteiger partial charge on any atom is 0.0656 e. The van der Waals surface area contributed by atoms with Gasteiger partial charge in [-0.05, 0) is 62.0 Å². The van der Waals surface area contributed by atoms with Crippen molar-refractivity contribution < 1.29 is 0 Å². The molecule has 1 aromatic carbocycles. The fraction of sp³-hybridized carbons (Fsp3) is 0.0769. The van der Waals surface area contributed by atoms with Gasteiger partial charge in [-0.2, -0.15) is 0 Å².